The Morgan fingerprint density at radius 1 is 1.62 bits per heavy atom. The van der Waals surface area contributed by atoms with Crippen LogP contribution in [0.5, 0.6) is 0 Å². The Labute approximate surface area is 75.7 Å². The molecule has 0 bridgehead atoms. The first-order chi connectivity index (χ1) is 6.20. The number of carboxylic acid groups (broad SMARTS) is 1. The maximum atomic E-state index is 11.3. The van der Waals surface area contributed by atoms with Crippen LogP contribution in [0.4, 0.5) is 0 Å². The minimum atomic E-state index is -0.841. The highest BCUT2D eigenvalue weighted by Gasteiger charge is 2.42. The largest absolute Gasteiger partial charge is 0.480 e. The van der Waals surface area contributed by atoms with Crippen LogP contribution in [0.3, 0.4) is 0 Å². The van der Waals surface area contributed by atoms with Gasteiger partial charge < -0.3 is 10.4 Å². The lowest BCUT2D eigenvalue weighted by Crippen LogP contribution is -2.60. The zero-order valence-corrected chi connectivity index (χ0v) is 7.19. The molecular weight excluding hydrogens is 172 g/mol. The van der Waals surface area contributed by atoms with Crippen LogP contribution < -0.4 is 5.32 Å². The first-order valence-corrected chi connectivity index (χ1v) is 4.46. The number of carbonyl (C=O) groups is 2. The predicted molar refractivity (Wildman–Crippen MR) is 44.2 cm³/mol. The predicted octanol–water partition coefficient (Wildman–Crippen LogP) is -0.966. The average Bonchev–Trinajstić information content (AvgIpc) is 2.53. The lowest BCUT2D eigenvalue weighted by molar-refractivity contribution is -0.147. The van der Waals surface area contributed by atoms with Crippen LogP contribution in [-0.2, 0) is 9.59 Å². The molecule has 0 aromatic carbocycles. The number of hydrogen-bond acceptors (Lipinski definition) is 3. The number of nitrogens with one attached hydrogen (secondary N) is 1. The van der Waals surface area contributed by atoms with Crippen LogP contribution in [0.2, 0.25) is 0 Å². The molecule has 0 saturated carbocycles. The SMILES string of the molecule is O=C(O)[C@@H]1CNC(=O)[C@@H]2CCCN12. The lowest BCUT2D eigenvalue weighted by atomic mass is 10.1. The van der Waals surface area contributed by atoms with Crippen molar-refractivity contribution < 1.29 is 14.7 Å². The summed E-state index contributed by atoms with van der Waals surface area (Å²) in [4.78, 5) is 23.9. The molecule has 0 aromatic rings. The molecule has 0 spiro atoms. The van der Waals surface area contributed by atoms with E-state index in [1.54, 1.807) is 4.90 Å². The number of rotatable bonds is 1. The van der Waals surface area contributed by atoms with Crippen molar-refractivity contribution in [2.24, 2.45) is 0 Å². The van der Waals surface area contributed by atoms with E-state index in [1.165, 1.54) is 0 Å². The van der Waals surface area contributed by atoms with Crippen molar-refractivity contribution in [3.63, 3.8) is 0 Å². The molecule has 0 aliphatic carbocycles. The van der Waals surface area contributed by atoms with Gasteiger partial charge in [0.2, 0.25) is 5.91 Å². The topological polar surface area (TPSA) is 69.6 Å². The monoisotopic (exact) mass is 184 g/mol. The van der Waals surface area contributed by atoms with Gasteiger partial charge in [-0.1, -0.05) is 0 Å². The summed E-state index contributed by atoms with van der Waals surface area (Å²) in [5.74, 6) is -0.859. The average molecular weight is 184 g/mol. The van der Waals surface area contributed by atoms with Crippen LogP contribution in [0.25, 0.3) is 0 Å². The van der Waals surface area contributed by atoms with Crippen LogP contribution in [-0.4, -0.2) is 47.1 Å². The second-order valence-electron chi connectivity index (χ2n) is 3.50. The summed E-state index contributed by atoms with van der Waals surface area (Å²) in [6, 6.07) is -0.722. The third-order valence-electron chi connectivity index (χ3n) is 2.75. The molecule has 2 atom stereocenters. The molecule has 13 heavy (non-hydrogen) atoms. The molecule has 2 N–H and O–H groups in total. The summed E-state index contributed by atoms with van der Waals surface area (Å²) in [6.45, 7) is 0.972. The Hall–Kier alpha value is -1.10. The minimum Gasteiger partial charge on any atom is -0.480 e. The number of carboxylic acids is 1. The normalized spacial score (nSPS) is 34.0. The highest BCUT2D eigenvalue weighted by Crippen LogP contribution is 2.22. The Bertz CT molecular complexity index is 254. The van der Waals surface area contributed by atoms with Gasteiger partial charge in [-0.15, -0.1) is 0 Å². The van der Waals surface area contributed by atoms with Crippen LogP contribution in [0.15, 0.2) is 0 Å². The quantitative estimate of drug-likeness (QED) is 0.550. The number of piperazine rings is 1. The number of amides is 1. The van der Waals surface area contributed by atoms with Gasteiger partial charge in [0.25, 0.3) is 0 Å². The molecular formula is C8H12N2O3. The van der Waals surface area contributed by atoms with Gasteiger partial charge in [-0.05, 0) is 19.4 Å². The number of hydrogen-bond donors (Lipinski definition) is 2. The summed E-state index contributed by atoms with van der Waals surface area (Å²) in [5, 5.41) is 11.5. The molecule has 0 unspecified atom stereocenters. The zero-order chi connectivity index (χ0) is 9.42. The number of fused-ring (bicyclic) bond motifs is 1. The van der Waals surface area contributed by atoms with Crippen molar-refractivity contribution in [2.45, 2.75) is 24.9 Å². The van der Waals surface area contributed by atoms with Crippen molar-refractivity contribution in [1.82, 2.24) is 10.2 Å². The summed E-state index contributed by atoms with van der Waals surface area (Å²) in [6.07, 6.45) is 1.71. The molecule has 5 heteroatoms. The Morgan fingerprint density at radius 3 is 3.08 bits per heavy atom. The molecule has 0 aromatic heterocycles. The van der Waals surface area contributed by atoms with E-state index in [-0.39, 0.29) is 18.5 Å². The van der Waals surface area contributed by atoms with E-state index >= 15 is 0 Å². The zero-order valence-electron chi connectivity index (χ0n) is 7.19. The number of nitrogens with zero attached hydrogens (tertiary/aromatic N) is 1. The molecule has 2 aliphatic rings. The Balaban J connectivity index is 2.17. The smallest absolute Gasteiger partial charge is 0.322 e. The molecule has 2 heterocycles. The van der Waals surface area contributed by atoms with Crippen LogP contribution >= 0.6 is 0 Å². The fraction of sp³-hybridized carbons (Fsp3) is 0.750. The van der Waals surface area contributed by atoms with Gasteiger partial charge in [-0.3, -0.25) is 14.5 Å². The second-order valence-corrected chi connectivity index (χ2v) is 3.50. The van der Waals surface area contributed by atoms with E-state index in [1.807, 2.05) is 0 Å². The van der Waals surface area contributed by atoms with Gasteiger partial charge in [-0.2, -0.15) is 0 Å². The fourth-order valence-corrected chi connectivity index (χ4v) is 2.11. The summed E-state index contributed by atoms with van der Waals surface area (Å²) < 4.78 is 0. The van der Waals surface area contributed by atoms with E-state index in [2.05, 4.69) is 5.32 Å². The highest BCUT2D eigenvalue weighted by molar-refractivity contribution is 5.86. The Kier molecular flexibility index (Phi) is 1.95. The van der Waals surface area contributed by atoms with Crippen LogP contribution in [0, 0.1) is 0 Å². The first-order valence-electron chi connectivity index (χ1n) is 4.46. The van der Waals surface area contributed by atoms with Gasteiger partial charge in [0.1, 0.15) is 6.04 Å². The summed E-state index contributed by atoms with van der Waals surface area (Å²) in [7, 11) is 0. The highest BCUT2D eigenvalue weighted by atomic mass is 16.4. The van der Waals surface area contributed by atoms with E-state index in [4.69, 9.17) is 5.11 Å². The standard InChI is InChI=1S/C8H12N2O3/c11-7-5-2-1-3-10(5)6(4-9-7)8(12)13/h5-6H,1-4H2,(H,9,11)(H,12,13)/t5-,6-/m0/s1. The summed E-state index contributed by atoms with van der Waals surface area (Å²) >= 11 is 0. The summed E-state index contributed by atoms with van der Waals surface area (Å²) in [5.41, 5.74) is 0. The van der Waals surface area contributed by atoms with Gasteiger partial charge in [0, 0.05) is 6.54 Å². The molecule has 2 rings (SSSR count). The number of carbonyl (C=O) groups excluding carboxylic acids is 1. The van der Waals surface area contributed by atoms with Crippen molar-refractivity contribution >= 4 is 11.9 Å². The maximum absolute atomic E-state index is 11.3. The van der Waals surface area contributed by atoms with Gasteiger partial charge in [0.15, 0.2) is 0 Å². The first kappa shape index (κ1) is 8.50. The van der Waals surface area contributed by atoms with E-state index in [0.717, 1.165) is 19.4 Å². The van der Waals surface area contributed by atoms with Gasteiger partial charge in [-0.25, -0.2) is 0 Å². The molecule has 1 amide bonds. The molecule has 2 saturated heterocycles. The van der Waals surface area contributed by atoms with Crippen molar-refractivity contribution in [2.75, 3.05) is 13.1 Å². The molecule has 2 fully saturated rings. The van der Waals surface area contributed by atoms with E-state index in [9.17, 15) is 9.59 Å². The molecule has 72 valence electrons. The molecule has 5 nitrogen and oxygen atoms in total. The molecule has 0 radical (unpaired) electrons. The Morgan fingerprint density at radius 2 is 2.38 bits per heavy atom. The third kappa shape index (κ3) is 1.29. The fourth-order valence-electron chi connectivity index (χ4n) is 2.11. The second kappa shape index (κ2) is 2.99. The third-order valence-corrected chi connectivity index (χ3v) is 2.75. The molecule has 2 aliphatic heterocycles. The van der Waals surface area contributed by atoms with Crippen molar-refractivity contribution in [1.29, 1.82) is 0 Å². The van der Waals surface area contributed by atoms with E-state index in [0.29, 0.717) is 0 Å². The van der Waals surface area contributed by atoms with E-state index < -0.39 is 12.0 Å². The number of aliphatic carboxylic acids is 1. The van der Waals surface area contributed by atoms with Gasteiger partial charge >= 0.3 is 5.97 Å². The minimum absolute atomic E-state index is 0.0185. The lowest BCUT2D eigenvalue weighted by Gasteiger charge is -2.34. The maximum Gasteiger partial charge on any atom is 0.322 e. The van der Waals surface area contributed by atoms with Crippen molar-refractivity contribution in [3.05, 3.63) is 0 Å². The van der Waals surface area contributed by atoms with Gasteiger partial charge in [0.05, 0.1) is 6.04 Å². The van der Waals surface area contributed by atoms with Crippen LogP contribution in [0.1, 0.15) is 12.8 Å². The van der Waals surface area contributed by atoms with Crippen molar-refractivity contribution in [3.8, 4) is 0 Å².